The van der Waals surface area contributed by atoms with Crippen molar-refractivity contribution >= 4 is 11.6 Å². The zero-order chi connectivity index (χ0) is 8.27. The minimum absolute atomic E-state index is 0.176. The van der Waals surface area contributed by atoms with Crippen LogP contribution in [0.2, 0.25) is 5.02 Å². The maximum Gasteiger partial charge on any atom is 0.0438 e. The van der Waals surface area contributed by atoms with E-state index >= 15 is 0 Å². The number of hydrogen-bond acceptors (Lipinski definition) is 1. The topological polar surface area (TPSA) is 26.0 Å². The third-order valence-corrected chi connectivity index (χ3v) is 1.87. The average molecular weight is 170 g/mol. The Hall–Kier alpha value is -0.530. The minimum Gasteiger partial charge on any atom is -0.328 e. The summed E-state index contributed by atoms with van der Waals surface area (Å²) in [5.41, 5.74) is 6.76. The Labute approximate surface area is 72.2 Å². The molecule has 0 aliphatic heterocycles. The molecule has 0 unspecified atom stereocenters. The Morgan fingerprint density at radius 3 is 2.64 bits per heavy atom. The Bertz CT molecular complexity index is 233. The molecule has 0 bridgehead atoms. The van der Waals surface area contributed by atoms with Crippen LogP contribution < -0.4 is 5.73 Å². The number of nitrogens with two attached hydrogens (primary N) is 1. The van der Waals surface area contributed by atoms with Crippen molar-refractivity contribution in [2.24, 2.45) is 5.73 Å². The molecule has 0 aliphatic rings. The molecule has 0 aromatic heterocycles. The van der Waals surface area contributed by atoms with Gasteiger partial charge in [0.15, 0.2) is 0 Å². The SMILES string of the molecule is C[C@@H](N)Cc1ccccc1Cl. The molecule has 2 N–H and O–H groups in total. The van der Waals surface area contributed by atoms with E-state index in [-0.39, 0.29) is 6.04 Å². The lowest BCUT2D eigenvalue weighted by Gasteiger charge is -2.05. The van der Waals surface area contributed by atoms with E-state index in [4.69, 9.17) is 17.3 Å². The lowest BCUT2D eigenvalue weighted by molar-refractivity contribution is 0.738. The van der Waals surface area contributed by atoms with Crippen molar-refractivity contribution in [1.29, 1.82) is 0 Å². The van der Waals surface area contributed by atoms with Gasteiger partial charge in [-0.2, -0.15) is 0 Å². The van der Waals surface area contributed by atoms with Gasteiger partial charge in [-0.25, -0.2) is 0 Å². The van der Waals surface area contributed by atoms with E-state index in [2.05, 4.69) is 0 Å². The summed E-state index contributed by atoms with van der Waals surface area (Å²) < 4.78 is 0. The molecule has 0 fully saturated rings. The largest absolute Gasteiger partial charge is 0.328 e. The van der Waals surface area contributed by atoms with Crippen LogP contribution in [0.1, 0.15) is 12.5 Å². The first-order valence-corrected chi connectivity index (χ1v) is 4.07. The van der Waals surface area contributed by atoms with Crippen LogP contribution in [0.4, 0.5) is 0 Å². The molecule has 1 aromatic carbocycles. The van der Waals surface area contributed by atoms with Gasteiger partial charge in [0.25, 0.3) is 0 Å². The lowest BCUT2D eigenvalue weighted by atomic mass is 10.1. The Kier molecular flexibility index (Phi) is 2.92. The van der Waals surface area contributed by atoms with Gasteiger partial charge < -0.3 is 5.73 Å². The maximum atomic E-state index is 5.91. The highest BCUT2D eigenvalue weighted by Gasteiger charge is 2.00. The first-order chi connectivity index (χ1) is 5.20. The molecule has 0 saturated carbocycles. The van der Waals surface area contributed by atoms with Gasteiger partial charge in [-0.05, 0) is 25.0 Å². The summed E-state index contributed by atoms with van der Waals surface area (Å²) in [5.74, 6) is 0. The molecule has 0 aliphatic carbocycles. The molecule has 0 radical (unpaired) electrons. The van der Waals surface area contributed by atoms with Gasteiger partial charge in [0.05, 0.1) is 0 Å². The highest BCUT2D eigenvalue weighted by molar-refractivity contribution is 6.31. The second-order valence-corrected chi connectivity index (χ2v) is 3.18. The molecule has 0 saturated heterocycles. The zero-order valence-electron chi connectivity index (χ0n) is 6.55. The highest BCUT2D eigenvalue weighted by atomic mass is 35.5. The standard InChI is InChI=1S/C9H12ClN/c1-7(11)6-8-4-2-3-5-9(8)10/h2-5,7H,6,11H2,1H3/t7-/m1/s1. The van der Waals surface area contributed by atoms with Crippen molar-refractivity contribution in [3.63, 3.8) is 0 Å². The van der Waals surface area contributed by atoms with Gasteiger partial charge in [-0.1, -0.05) is 29.8 Å². The quantitative estimate of drug-likeness (QED) is 0.722. The van der Waals surface area contributed by atoms with Crippen molar-refractivity contribution in [1.82, 2.24) is 0 Å². The van der Waals surface area contributed by atoms with Crippen LogP contribution in [0.5, 0.6) is 0 Å². The number of hydrogen-bond donors (Lipinski definition) is 1. The molecule has 2 heteroatoms. The Morgan fingerprint density at radius 2 is 2.09 bits per heavy atom. The summed E-state index contributed by atoms with van der Waals surface area (Å²) in [5, 5.41) is 0.810. The first-order valence-electron chi connectivity index (χ1n) is 3.69. The van der Waals surface area contributed by atoms with Crippen LogP contribution >= 0.6 is 11.6 Å². The van der Waals surface area contributed by atoms with Gasteiger partial charge in [0.1, 0.15) is 0 Å². The monoisotopic (exact) mass is 169 g/mol. The van der Waals surface area contributed by atoms with Crippen molar-refractivity contribution in [2.75, 3.05) is 0 Å². The summed E-state index contributed by atoms with van der Waals surface area (Å²) in [6.07, 6.45) is 0.847. The summed E-state index contributed by atoms with van der Waals surface area (Å²) in [6, 6.07) is 7.97. The van der Waals surface area contributed by atoms with Gasteiger partial charge >= 0.3 is 0 Å². The third kappa shape index (κ3) is 2.52. The maximum absolute atomic E-state index is 5.91. The van der Waals surface area contributed by atoms with Crippen LogP contribution in [0.15, 0.2) is 24.3 Å². The van der Waals surface area contributed by atoms with E-state index in [1.807, 2.05) is 31.2 Å². The van der Waals surface area contributed by atoms with Gasteiger partial charge in [0.2, 0.25) is 0 Å². The molecule has 1 nitrogen and oxygen atoms in total. The molecule has 0 heterocycles. The average Bonchev–Trinajstić information content (AvgIpc) is 1.93. The van der Waals surface area contributed by atoms with Gasteiger partial charge in [-0.15, -0.1) is 0 Å². The first kappa shape index (κ1) is 8.57. The highest BCUT2D eigenvalue weighted by Crippen LogP contribution is 2.15. The fourth-order valence-electron chi connectivity index (χ4n) is 1.01. The number of rotatable bonds is 2. The summed E-state index contributed by atoms with van der Waals surface area (Å²) in [7, 11) is 0. The molecule has 1 aromatic rings. The predicted molar refractivity (Wildman–Crippen MR) is 48.8 cm³/mol. The second-order valence-electron chi connectivity index (χ2n) is 2.77. The fourth-order valence-corrected chi connectivity index (χ4v) is 1.22. The molecule has 11 heavy (non-hydrogen) atoms. The molecular formula is C9H12ClN. The van der Waals surface area contributed by atoms with Gasteiger partial charge in [-0.3, -0.25) is 0 Å². The lowest BCUT2D eigenvalue weighted by Crippen LogP contribution is -2.17. The molecule has 60 valence electrons. The fraction of sp³-hybridized carbons (Fsp3) is 0.333. The van der Waals surface area contributed by atoms with Gasteiger partial charge in [0, 0.05) is 11.1 Å². The van der Waals surface area contributed by atoms with Crippen molar-refractivity contribution in [3.05, 3.63) is 34.9 Å². The van der Waals surface area contributed by atoms with Crippen molar-refractivity contribution in [3.8, 4) is 0 Å². The number of benzene rings is 1. The second kappa shape index (κ2) is 3.74. The van der Waals surface area contributed by atoms with Crippen molar-refractivity contribution < 1.29 is 0 Å². The van der Waals surface area contributed by atoms with E-state index in [0.29, 0.717) is 0 Å². The Morgan fingerprint density at radius 1 is 1.45 bits per heavy atom. The number of halogens is 1. The smallest absolute Gasteiger partial charge is 0.0438 e. The summed E-state index contributed by atoms with van der Waals surface area (Å²) >= 11 is 5.91. The summed E-state index contributed by atoms with van der Waals surface area (Å²) in [6.45, 7) is 1.98. The van der Waals surface area contributed by atoms with E-state index in [1.54, 1.807) is 0 Å². The van der Waals surface area contributed by atoms with Crippen LogP contribution in [-0.2, 0) is 6.42 Å². The molecule has 1 atom stereocenters. The Balaban J connectivity index is 2.78. The van der Waals surface area contributed by atoms with E-state index in [0.717, 1.165) is 17.0 Å². The summed E-state index contributed by atoms with van der Waals surface area (Å²) in [4.78, 5) is 0. The molecular weight excluding hydrogens is 158 g/mol. The zero-order valence-corrected chi connectivity index (χ0v) is 7.31. The molecule has 1 rings (SSSR count). The van der Waals surface area contributed by atoms with E-state index < -0.39 is 0 Å². The predicted octanol–water partition coefficient (Wildman–Crippen LogP) is 2.23. The van der Waals surface area contributed by atoms with Crippen LogP contribution in [0.3, 0.4) is 0 Å². The molecule has 0 amide bonds. The minimum atomic E-state index is 0.176. The van der Waals surface area contributed by atoms with E-state index in [9.17, 15) is 0 Å². The van der Waals surface area contributed by atoms with Crippen LogP contribution in [0, 0.1) is 0 Å². The molecule has 0 spiro atoms. The third-order valence-electron chi connectivity index (χ3n) is 1.50. The normalized spacial score (nSPS) is 13.0. The van der Waals surface area contributed by atoms with Crippen molar-refractivity contribution in [2.45, 2.75) is 19.4 Å². The van der Waals surface area contributed by atoms with E-state index in [1.165, 1.54) is 0 Å². The van der Waals surface area contributed by atoms with Crippen LogP contribution in [0.25, 0.3) is 0 Å². The van der Waals surface area contributed by atoms with Crippen LogP contribution in [-0.4, -0.2) is 6.04 Å².